The molecule has 2 saturated heterocycles. The van der Waals surface area contributed by atoms with Gasteiger partial charge in [0.25, 0.3) is 5.88 Å². The molecule has 0 aliphatic carbocycles. The van der Waals surface area contributed by atoms with Gasteiger partial charge in [-0.1, -0.05) is 40.6 Å². The summed E-state index contributed by atoms with van der Waals surface area (Å²) in [7, 11) is 0.214. The van der Waals surface area contributed by atoms with Crippen molar-refractivity contribution in [3.8, 4) is 17.1 Å². The zero-order valence-electron chi connectivity index (χ0n) is 25.3. The first-order valence-corrected chi connectivity index (χ1v) is 16.6. The van der Waals surface area contributed by atoms with E-state index in [1.807, 2.05) is 30.4 Å². The molecule has 0 amide bonds. The van der Waals surface area contributed by atoms with Crippen LogP contribution in [0.4, 0.5) is 5.95 Å². The molecule has 4 aromatic heterocycles. The Morgan fingerprint density at radius 1 is 1.02 bits per heavy atom. The molecule has 6 heterocycles. The van der Waals surface area contributed by atoms with Gasteiger partial charge in [-0.15, -0.1) is 0 Å². The third-order valence-electron chi connectivity index (χ3n) is 9.12. The van der Waals surface area contributed by atoms with Crippen molar-refractivity contribution in [2.45, 2.75) is 43.2 Å². The van der Waals surface area contributed by atoms with Gasteiger partial charge in [-0.3, -0.25) is 4.98 Å². The van der Waals surface area contributed by atoms with Crippen LogP contribution >= 0.6 is 0 Å². The van der Waals surface area contributed by atoms with Gasteiger partial charge in [-0.25, -0.2) is 18.1 Å². The van der Waals surface area contributed by atoms with Crippen LogP contribution in [0.15, 0.2) is 48.8 Å². The number of rotatable bonds is 6. The third kappa shape index (κ3) is 4.69. The molecule has 2 aliphatic heterocycles. The van der Waals surface area contributed by atoms with Gasteiger partial charge in [0.2, 0.25) is 5.95 Å². The monoisotopic (exact) mass is 616 g/mol. The Labute approximate surface area is 255 Å². The van der Waals surface area contributed by atoms with E-state index in [1.54, 1.807) is 25.6 Å². The van der Waals surface area contributed by atoms with Crippen LogP contribution in [0, 0.1) is 5.92 Å². The predicted molar refractivity (Wildman–Crippen MR) is 168 cm³/mol. The number of hydrogen-bond donors (Lipinski definition) is 0. The fourth-order valence-electron chi connectivity index (χ4n) is 6.80. The van der Waals surface area contributed by atoms with E-state index in [0.29, 0.717) is 44.0 Å². The van der Waals surface area contributed by atoms with Crippen molar-refractivity contribution in [2.24, 2.45) is 13.0 Å². The molecule has 0 saturated carbocycles. The molecule has 0 N–H and O–H groups in total. The fourth-order valence-corrected chi connectivity index (χ4v) is 8.37. The highest BCUT2D eigenvalue weighted by Crippen LogP contribution is 2.41. The number of benzene rings is 1. The Hall–Kier alpha value is -4.10. The van der Waals surface area contributed by atoms with Crippen LogP contribution in [-0.4, -0.2) is 86.8 Å². The number of nitrogens with zero attached hydrogens (tertiary/aromatic N) is 8. The van der Waals surface area contributed by atoms with Crippen LogP contribution in [0.5, 0.6) is 5.88 Å². The first-order chi connectivity index (χ1) is 21.3. The Balaban J connectivity index is 1.48. The summed E-state index contributed by atoms with van der Waals surface area (Å²) in [6.45, 7) is 5.61. The van der Waals surface area contributed by atoms with Crippen LogP contribution in [-0.2, 0) is 21.6 Å². The van der Waals surface area contributed by atoms with E-state index in [1.165, 1.54) is 5.56 Å². The van der Waals surface area contributed by atoms with Crippen molar-refractivity contribution < 1.29 is 17.9 Å². The maximum atomic E-state index is 12.8. The molecule has 230 valence electrons. The topological polar surface area (TPSA) is 130 Å². The van der Waals surface area contributed by atoms with Crippen LogP contribution in [0.3, 0.4) is 0 Å². The van der Waals surface area contributed by atoms with E-state index in [2.05, 4.69) is 45.2 Å². The Morgan fingerprint density at radius 3 is 2.45 bits per heavy atom. The molecule has 0 unspecified atom stereocenters. The molecule has 7 rings (SSSR count). The summed E-state index contributed by atoms with van der Waals surface area (Å²) in [5.41, 5.74) is 5.19. The average Bonchev–Trinajstić information content (AvgIpc) is 3.57. The summed E-state index contributed by atoms with van der Waals surface area (Å²) < 4.78 is 40.9. The zero-order valence-corrected chi connectivity index (χ0v) is 26.1. The fraction of sp³-hybridized carbons (Fsp3) is 0.452. The zero-order chi connectivity index (χ0) is 30.6. The number of sulfone groups is 1. The highest BCUT2D eigenvalue weighted by Gasteiger charge is 2.37. The Morgan fingerprint density at radius 2 is 1.75 bits per heavy atom. The van der Waals surface area contributed by atoms with Gasteiger partial charge in [-0.2, -0.15) is 4.98 Å². The highest BCUT2D eigenvalue weighted by atomic mass is 32.2. The minimum Gasteiger partial charge on any atom is -0.478 e. The average molecular weight is 617 g/mol. The molecule has 13 heteroatoms. The minimum atomic E-state index is -3.20. The molecule has 0 bridgehead atoms. The normalized spacial score (nSPS) is 21.6. The molecule has 1 aromatic carbocycles. The lowest BCUT2D eigenvalue weighted by Crippen LogP contribution is -2.50. The molecule has 3 atom stereocenters. The maximum absolute atomic E-state index is 12.8. The van der Waals surface area contributed by atoms with Crippen LogP contribution in [0.1, 0.15) is 38.3 Å². The molecule has 12 nitrogen and oxygen atoms in total. The van der Waals surface area contributed by atoms with E-state index in [4.69, 9.17) is 24.4 Å². The third-order valence-corrected chi connectivity index (χ3v) is 11.7. The molecule has 0 spiro atoms. The van der Waals surface area contributed by atoms with E-state index in [-0.39, 0.29) is 6.04 Å². The number of methoxy groups -OCH3 is 1. The van der Waals surface area contributed by atoms with E-state index in [0.717, 1.165) is 46.2 Å². The summed E-state index contributed by atoms with van der Waals surface area (Å²) in [6, 6.07) is 12.6. The second kappa shape index (κ2) is 11.1. The van der Waals surface area contributed by atoms with Crippen molar-refractivity contribution in [3.05, 3.63) is 54.4 Å². The van der Waals surface area contributed by atoms with E-state index in [9.17, 15) is 8.42 Å². The number of aryl methyl sites for hydroxylation is 1. The van der Waals surface area contributed by atoms with Gasteiger partial charge in [0.1, 0.15) is 11.3 Å². The Bertz CT molecular complexity index is 1920. The number of fused-ring (bicyclic) bond motifs is 3. The second-order valence-electron chi connectivity index (χ2n) is 11.9. The molecular weight excluding hydrogens is 580 g/mol. The number of anilines is 1. The van der Waals surface area contributed by atoms with Crippen molar-refractivity contribution in [1.82, 2.24) is 34.5 Å². The van der Waals surface area contributed by atoms with Crippen LogP contribution in [0.2, 0.25) is 0 Å². The lowest BCUT2D eigenvalue weighted by atomic mass is 9.86. The van der Waals surface area contributed by atoms with Crippen molar-refractivity contribution in [1.29, 1.82) is 0 Å². The van der Waals surface area contributed by atoms with Crippen LogP contribution in [0.25, 0.3) is 33.3 Å². The predicted octanol–water partition coefficient (Wildman–Crippen LogP) is 3.81. The lowest BCUT2D eigenvalue weighted by Gasteiger charge is -2.35. The standard InChI is InChI=1S/C31H36N8O4S/c1-19-17-38(18-20(2)44(19,40)41)31-33-16-24-26-25(14-23(15-32-26)28-30(42-4)35-36-37(28)3)39(29(24)34-31)27(21-8-6-5-7-9-21)22-10-12-43-13-11-22/h5-9,14-16,19-20,22,27H,10-13,17-18H2,1-4H3/t19-,20-,27-/m1/s1. The summed E-state index contributed by atoms with van der Waals surface area (Å²) in [6.07, 6.45) is 5.46. The summed E-state index contributed by atoms with van der Waals surface area (Å²) in [4.78, 5) is 16.9. The first kappa shape index (κ1) is 28.7. The highest BCUT2D eigenvalue weighted by molar-refractivity contribution is 7.92. The molecule has 2 fully saturated rings. The molecule has 5 aromatic rings. The number of aromatic nitrogens is 7. The molecule has 44 heavy (non-hydrogen) atoms. The van der Waals surface area contributed by atoms with Crippen molar-refractivity contribution >= 4 is 37.9 Å². The first-order valence-electron chi connectivity index (χ1n) is 15.0. The number of hydrogen-bond acceptors (Lipinski definition) is 10. The van der Waals surface area contributed by atoms with E-state index < -0.39 is 20.3 Å². The lowest BCUT2D eigenvalue weighted by molar-refractivity contribution is 0.0552. The maximum Gasteiger partial charge on any atom is 0.261 e. The number of pyridine rings is 1. The van der Waals surface area contributed by atoms with E-state index >= 15 is 0 Å². The SMILES string of the molecule is COc1nnn(C)c1-c1cnc2c3cnc(N4C[C@@H](C)S(=O)(=O)[C@H](C)C4)nc3n([C@H](c3ccccc3)C3CCOCC3)c2c1. The Kier molecular flexibility index (Phi) is 7.24. The largest absolute Gasteiger partial charge is 0.478 e. The smallest absolute Gasteiger partial charge is 0.261 e. The van der Waals surface area contributed by atoms with Gasteiger partial charge in [0.05, 0.1) is 40.1 Å². The van der Waals surface area contributed by atoms with Crippen molar-refractivity contribution in [2.75, 3.05) is 38.3 Å². The quantitative estimate of drug-likeness (QED) is 0.278. The van der Waals surface area contributed by atoms with Gasteiger partial charge in [-0.05, 0) is 44.2 Å². The minimum absolute atomic E-state index is 0.0500. The van der Waals surface area contributed by atoms with Gasteiger partial charge >= 0.3 is 0 Å². The number of ether oxygens (including phenoxy) is 2. The van der Waals surface area contributed by atoms with Gasteiger partial charge in [0, 0.05) is 51.3 Å². The summed E-state index contributed by atoms with van der Waals surface area (Å²) >= 11 is 0. The van der Waals surface area contributed by atoms with Crippen molar-refractivity contribution in [3.63, 3.8) is 0 Å². The molecule has 0 radical (unpaired) electrons. The summed E-state index contributed by atoms with van der Waals surface area (Å²) in [5.74, 6) is 1.23. The second-order valence-corrected chi connectivity index (χ2v) is 14.6. The molecule has 2 aliphatic rings. The molecular formula is C31H36N8O4S. The van der Waals surface area contributed by atoms with Crippen LogP contribution < -0.4 is 9.64 Å². The van der Waals surface area contributed by atoms with Gasteiger partial charge in [0.15, 0.2) is 9.84 Å². The van der Waals surface area contributed by atoms with Gasteiger partial charge < -0.3 is 18.9 Å². The summed E-state index contributed by atoms with van der Waals surface area (Å²) in [5, 5.41) is 8.16.